The highest BCUT2D eigenvalue weighted by molar-refractivity contribution is 7.07. The van der Waals surface area contributed by atoms with Gasteiger partial charge in [0.25, 0.3) is 0 Å². The molecule has 2 aromatic rings. The highest BCUT2D eigenvalue weighted by atomic mass is 35.5. The van der Waals surface area contributed by atoms with Gasteiger partial charge >= 0.3 is 0 Å². The number of halogens is 1. The number of nitrogens with two attached hydrogens (primary N) is 1. The second-order valence-electron chi connectivity index (χ2n) is 4.90. The Morgan fingerprint density at radius 2 is 2.30 bits per heavy atom. The zero-order valence-electron chi connectivity index (χ0n) is 10.8. The van der Waals surface area contributed by atoms with Gasteiger partial charge in [-0.15, -0.1) is 0 Å². The maximum Gasteiger partial charge on any atom is 0.148 e. The fourth-order valence-electron chi connectivity index (χ4n) is 2.18. The van der Waals surface area contributed by atoms with Crippen LogP contribution in [-0.2, 0) is 6.54 Å². The molecule has 0 spiro atoms. The second-order valence-corrected chi connectivity index (χ2v) is 6.06. The van der Waals surface area contributed by atoms with E-state index in [4.69, 9.17) is 22.7 Å². The molecule has 1 aliphatic rings. The molecule has 2 heterocycles. The SMILES string of the molecule is N=C(N)c1ccnc(N(Cc2ccsc2)C2CC2)c1Cl. The predicted octanol–water partition coefficient (Wildman–Crippen LogP) is 3.25. The summed E-state index contributed by atoms with van der Waals surface area (Å²) in [5.74, 6) is 0.706. The zero-order valence-corrected chi connectivity index (χ0v) is 12.4. The normalized spacial score (nSPS) is 14.2. The Bertz CT molecular complexity index is 622. The van der Waals surface area contributed by atoms with Crippen molar-refractivity contribution in [2.24, 2.45) is 5.73 Å². The number of anilines is 1. The summed E-state index contributed by atoms with van der Waals surface area (Å²) in [7, 11) is 0. The first-order valence-corrected chi connectivity index (χ1v) is 7.75. The van der Waals surface area contributed by atoms with Crippen molar-refractivity contribution in [1.82, 2.24) is 4.98 Å². The third-order valence-corrected chi connectivity index (χ3v) is 4.46. The minimum Gasteiger partial charge on any atom is -0.384 e. The minimum absolute atomic E-state index is 0.0232. The maximum absolute atomic E-state index is 7.58. The zero-order chi connectivity index (χ0) is 14.1. The molecule has 0 aromatic carbocycles. The molecule has 0 radical (unpaired) electrons. The second kappa shape index (κ2) is 5.42. The number of hydrogen-bond donors (Lipinski definition) is 2. The highest BCUT2D eigenvalue weighted by Crippen LogP contribution is 2.36. The molecular formula is C14H15ClN4S. The number of nitrogens with one attached hydrogen (secondary N) is 1. The fraction of sp³-hybridized carbons (Fsp3) is 0.286. The lowest BCUT2D eigenvalue weighted by atomic mass is 10.2. The van der Waals surface area contributed by atoms with E-state index in [1.165, 1.54) is 5.56 Å². The smallest absolute Gasteiger partial charge is 0.148 e. The molecule has 0 saturated heterocycles. The van der Waals surface area contributed by atoms with Crippen LogP contribution in [0, 0.1) is 5.41 Å². The molecule has 2 aromatic heterocycles. The molecule has 0 atom stereocenters. The molecule has 0 bridgehead atoms. The van der Waals surface area contributed by atoms with E-state index < -0.39 is 0 Å². The van der Waals surface area contributed by atoms with E-state index in [1.54, 1.807) is 23.6 Å². The monoisotopic (exact) mass is 306 g/mol. The van der Waals surface area contributed by atoms with E-state index in [9.17, 15) is 0 Å². The van der Waals surface area contributed by atoms with Crippen molar-refractivity contribution in [2.45, 2.75) is 25.4 Å². The molecule has 0 aliphatic heterocycles. The van der Waals surface area contributed by atoms with Gasteiger partial charge in [0, 0.05) is 24.3 Å². The number of hydrogen-bond acceptors (Lipinski definition) is 4. The van der Waals surface area contributed by atoms with Gasteiger partial charge in [0.05, 0.1) is 5.02 Å². The average Bonchev–Trinajstić information content (AvgIpc) is 3.14. The first-order chi connectivity index (χ1) is 9.66. The van der Waals surface area contributed by atoms with E-state index in [-0.39, 0.29) is 5.84 Å². The molecule has 0 amide bonds. The maximum atomic E-state index is 7.58. The summed E-state index contributed by atoms with van der Waals surface area (Å²) >= 11 is 8.08. The molecule has 104 valence electrons. The lowest BCUT2D eigenvalue weighted by Crippen LogP contribution is -2.27. The molecule has 0 unspecified atom stereocenters. The number of pyridine rings is 1. The Balaban J connectivity index is 1.95. The van der Waals surface area contributed by atoms with Crippen LogP contribution in [0.15, 0.2) is 29.1 Å². The Kier molecular flexibility index (Phi) is 3.63. The standard InChI is InChI=1S/C14H15ClN4S/c15-12-11(13(16)17)3-5-18-14(12)19(10-1-2-10)7-9-4-6-20-8-9/h3-6,8,10H,1-2,7H2,(H3,16,17). The van der Waals surface area contributed by atoms with E-state index in [2.05, 4.69) is 26.7 Å². The molecule has 1 fully saturated rings. The Morgan fingerprint density at radius 3 is 2.90 bits per heavy atom. The number of aromatic nitrogens is 1. The van der Waals surface area contributed by atoms with Crippen LogP contribution in [0.25, 0.3) is 0 Å². The van der Waals surface area contributed by atoms with Gasteiger partial charge in [-0.2, -0.15) is 11.3 Å². The van der Waals surface area contributed by atoms with Crippen molar-refractivity contribution in [3.63, 3.8) is 0 Å². The van der Waals surface area contributed by atoms with Crippen LogP contribution in [0.5, 0.6) is 0 Å². The van der Waals surface area contributed by atoms with Crippen molar-refractivity contribution >= 4 is 34.6 Å². The Hall–Kier alpha value is -1.59. The quantitative estimate of drug-likeness (QED) is 0.658. The van der Waals surface area contributed by atoms with Crippen LogP contribution in [-0.4, -0.2) is 16.9 Å². The van der Waals surface area contributed by atoms with Crippen molar-refractivity contribution in [3.8, 4) is 0 Å². The van der Waals surface area contributed by atoms with Crippen molar-refractivity contribution in [2.75, 3.05) is 4.90 Å². The predicted molar refractivity (Wildman–Crippen MR) is 83.8 cm³/mol. The molecule has 1 saturated carbocycles. The molecule has 3 rings (SSSR count). The third kappa shape index (κ3) is 2.64. The van der Waals surface area contributed by atoms with Crippen molar-refractivity contribution in [3.05, 3.63) is 45.2 Å². The molecule has 3 N–H and O–H groups in total. The Morgan fingerprint density at radius 1 is 1.50 bits per heavy atom. The summed E-state index contributed by atoms with van der Waals surface area (Å²) in [5, 5.41) is 12.3. The van der Waals surface area contributed by atoms with Crippen molar-refractivity contribution in [1.29, 1.82) is 5.41 Å². The number of rotatable bonds is 5. The fourth-order valence-corrected chi connectivity index (χ4v) is 3.17. The number of nitrogen functional groups attached to an aromatic ring is 1. The van der Waals surface area contributed by atoms with Gasteiger partial charge in [0.1, 0.15) is 11.7 Å². The van der Waals surface area contributed by atoms with E-state index >= 15 is 0 Å². The molecule has 4 nitrogen and oxygen atoms in total. The number of amidine groups is 1. The first-order valence-electron chi connectivity index (χ1n) is 6.43. The van der Waals surface area contributed by atoms with E-state index in [0.29, 0.717) is 16.6 Å². The van der Waals surface area contributed by atoms with Gasteiger partial charge in [-0.25, -0.2) is 4.98 Å². The summed E-state index contributed by atoms with van der Waals surface area (Å²) in [6.45, 7) is 0.794. The minimum atomic E-state index is -0.0232. The molecular weight excluding hydrogens is 292 g/mol. The Labute approximate surface area is 126 Å². The largest absolute Gasteiger partial charge is 0.384 e. The summed E-state index contributed by atoms with van der Waals surface area (Å²) in [6, 6.07) is 4.29. The average molecular weight is 307 g/mol. The first kappa shape index (κ1) is 13.4. The molecule has 20 heavy (non-hydrogen) atoms. The lowest BCUT2D eigenvalue weighted by Gasteiger charge is -2.24. The van der Waals surface area contributed by atoms with Crippen LogP contribution >= 0.6 is 22.9 Å². The summed E-state index contributed by atoms with van der Waals surface area (Å²) in [4.78, 5) is 6.63. The van der Waals surface area contributed by atoms with Crippen LogP contribution in [0.1, 0.15) is 24.0 Å². The van der Waals surface area contributed by atoms with Crippen LogP contribution in [0.3, 0.4) is 0 Å². The number of nitrogens with zero attached hydrogens (tertiary/aromatic N) is 2. The van der Waals surface area contributed by atoms with Crippen molar-refractivity contribution < 1.29 is 0 Å². The topological polar surface area (TPSA) is 66.0 Å². The number of thiophene rings is 1. The van der Waals surface area contributed by atoms with Gasteiger partial charge in [0.15, 0.2) is 0 Å². The van der Waals surface area contributed by atoms with Gasteiger partial charge < -0.3 is 10.6 Å². The van der Waals surface area contributed by atoms with Crippen LogP contribution < -0.4 is 10.6 Å². The van der Waals surface area contributed by atoms with Gasteiger partial charge in [-0.1, -0.05) is 11.6 Å². The van der Waals surface area contributed by atoms with Gasteiger partial charge in [-0.3, -0.25) is 5.41 Å². The van der Waals surface area contributed by atoms with Crippen LogP contribution in [0.2, 0.25) is 5.02 Å². The van der Waals surface area contributed by atoms with Gasteiger partial charge in [-0.05, 0) is 41.3 Å². The molecule has 6 heteroatoms. The molecule has 1 aliphatic carbocycles. The summed E-state index contributed by atoms with van der Waals surface area (Å²) in [5.41, 5.74) is 7.37. The van der Waals surface area contributed by atoms with Crippen LogP contribution in [0.4, 0.5) is 5.82 Å². The van der Waals surface area contributed by atoms with E-state index in [1.807, 2.05) is 0 Å². The third-order valence-electron chi connectivity index (χ3n) is 3.35. The summed E-state index contributed by atoms with van der Waals surface area (Å²) in [6.07, 6.45) is 3.99. The lowest BCUT2D eigenvalue weighted by molar-refractivity contribution is 0.780. The van der Waals surface area contributed by atoms with Gasteiger partial charge in [0.2, 0.25) is 0 Å². The highest BCUT2D eigenvalue weighted by Gasteiger charge is 2.32. The summed E-state index contributed by atoms with van der Waals surface area (Å²) < 4.78 is 0. The van der Waals surface area contributed by atoms with E-state index in [0.717, 1.165) is 25.2 Å².